The van der Waals surface area contributed by atoms with Crippen LogP contribution < -0.4 is 14.8 Å². The highest BCUT2D eigenvalue weighted by atomic mass is 16.5. The molecule has 178 valence electrons. The summed E-state index contributed by atoms with van der Waals surface area (Å²) in [5.74, 6) is 1.08. The molecule has 2 atom stereocenters. The smallest absolute Gasteiger partial charge is 0.327 e. The third kappa shape index (κ3) is 4.83. The molecule has 1 fully saturated rings. The Morgan fingerprint density at radius 3 is 2.18 bits per heavy atom. The number of nitrogens with zero attached hydrogens (tertiary/aromatic N) is 1. The van der Waals surface area contributed by atoms with Gasteiger partial charge in [-0.3, -0.25) is 4.79 Å². The van der Waals surface area contributed by atoms with E-state index in [1.54, 1.807) is 31.4 Å². The zero-order chi connectivity index (χ0) is 24.0. The fourth-order valence-corrected chi connectivity index (χ4v) is 4.37. The first-order chi connectivity index (χ1) is 15.9. The molecule has 0 aliphatic carbocycles. The van der Waals surface area contributed by atoms with E-state index < -0.39 is 17.7 Å². The molecule has 1 aliphatic rings. The Bertz CT molecular complexity index is 938. The lowest BCUT2D eigenvalue weighted by molar-refractivity contribution is -0.191. The molecule has 1 saturated heterocycles. The number of aliphatic hydroxyl groups excluding tert-OH is 1. The maximum Gasteiger partial charge on any atom is 0.327 e. The van der Waals surface area contributed by atoms with Crippen LogP contribution in [0, 0.1) is 5.41 Å². The highest BCUT2D eigenvalue weighted by molar-refractivity contribution is 6.03. The van der Waals surface area contributed by atoms with Gasteiger partial charge in [0.05, 0.1) is 19.8 Å². The molecule has 1 heterocycles. The molecule has 2 N–H and O–H groups in total. The predicted molar refractivity (Wildman–Crippen MR) is 126 cm³/mol. The first-order valence-corrected chi connectivity index (χ1v) is 11.6. The van der Waals surface area contributed by atoms with Crippen molar-refractivity contribution in [1.82, 2.24) is 10.2 Å². The van der Waals surface area contributed by atoms with E-state index in [1.165, 1.54) is 4.90 Å². The second-order valence-electron chi connectivity index (χ2n) is 8.37. The number of carbonyl (C=O) groups is 2. The molecule has 7 nitrogen and oxygen atoms in total. The Balaban J connectivity index is 1.82. The van der Waals surface area contributed by atoms with Crippen molar-refractivity contribution in [2.45, 2.75) is 65.3 Å². The number of carbonyl (C=O) groups excluding carboxylic acids is 2. The molecular weight excluding hydrogens is 420 g/mol. The first kappa shape index (κ1) is 24.6. The Hall–Kier alpha value is -3.06. The van der Waals surface area contributed by atoms with Crippen LogP contribution in [-0.2, 0) is 11.4 Å². The summed E-state index contributed by atoms with van der Waals surface area (Å²) in [4.78, 5) is 27.7. The Kier molecular flexibility index (Phi) is 7.97. The standard InChI is InChI=1S/C26H34N2O5/c1-5-8-22(19-11-15-20(32-4)16-12-19)27-25(31)28-23(30)26(6-2,7-3)24(28)33-21-13-9-18(17-29)10-14-21/h9-16,22,24,29H,5-8,17H2,1-4H3,(H,27,31)/t22-,24+/m1/s1. The van der Waals surface area contributed by atoms with E-state index in [4.69, 9.17) is 9.47 Å². The van der Waals surface area contributed by atoms with Gasteiger partial charge < -0.3 is 19.9 Å². The predicted octanol–water partition coefficient (Wildman–Crippen LogP) is 4.79. The highest BCUT2D eigenvalue weighted by Gasteiger charge is 2.63. The number of β-lactam (4-membered cyclic amide) rings is 1. The molecule has 7 heteroatoms. The quantitative estimate of drug-likeness (QED) is 0.504. The van der Waals surface area contributed by atoms with Crippen molar-refractivity contribution in [3.63, 3.8) is 0 Å². The van der Waals surface area contributed by atoms with Gasteiger partial charge in [0, 0.05) is 0 Å². The number of hydrogen-bond donors (Lipinski definition) is 2. The van der Waals surface area contributed by atoms with Crippen LogP contribution in [0.25, 0.3) is 0 Å². The van der Waals surface area contributed by atoms with Crippen LogP contribution in [0.4, 0.5) is 4.79 Å². The van der Waals surface area contributed by atoms with Crippen LogP contribution in [-0.4, -0.2) is 35.3 Å². The van der Waals surface area contributed by atoms with E-state index in [9.17, 15) is 14.7 Å². The maximum absolute atomic E-state index is 13.3. The first-order valence-electron chi connectivity index (χ1n) is 11.6. The third-order valence-corrected chi connectivity index (χ3v) is 6.58. The average Bonchev–Trinajstić information content (AvgIpc) is 2.85. The number of imide groups is 1. The molecule has 3 amide bonds. The fourth-order valence-electron chi connectivity index (χ4n) is 4.37. The van der Waals surface area contributed by atoms with Gasteiger partial charge in [-0.15, -0.1) is 0 Å². The van der Waals surface area contributed by atoms with Gasteiger partial charge in [0.15, 0.2) is 6.23 Å². The van der Waals surface area contributed by atoms with E-state index in [1.807, 2.05) is 38.1 Å². The van der Waals surface area contributed by atoms with Gasteiger partial charge in [-0.1, -0.05) is 51.5 Å². The fraction of sp³-hybridized carbons (Fsp3) is 0.462. The SMILES string of the molecule is CCC[C@@H](NC(=O)N1C(=O)C(CC)(CC)[C@@H]1Oc1ccc(CO)cc1)c1ccc(OC)cc1. The van der Waals surface area contributed by atoms with Crippen LogP contribution in [0.15, 0.2) is 48.5 Å². The van der Waals surface area contributed by atoms with Crippen LogP contribution >= 0.6 is 0 Å². The summed E-state index contributed by atoms with van der Waals surface area (Å²) in [7, 11) is 1.61. The van der Waals surface area contributed by atoms with Crippen molar-refractivity contribution in [2.75, 3.05) is 7.11 Å². The minimum atomic E-state index is -0.743. The number of amides is 3. The summed E-state index contributed by atoms with van der Waals surface area (Å²) in [5.41, 5.74) is 0.974. The minimum absolute atomic E-state index is 0.0608. The number of ether oxygens (including phenoxy) is 2. The number of hydrogen-bond acceptors (Lipinski definition) is 5. The van der Waals surface area contributed by atoms with E-state index in [0.717, 1.165) is 29.7 Å². The maximum atomic E-state index is 13.3. The number of urea groups is 1. The molecule has 0 bridgehead atoms. The Labute approximate surface area is 195 Å². The molecule has 0 saturated carbocycles. The van der Waals surface area contributed by atoms with Crippen LogP contribution in [0.3, 0.4) is 0 Å². The van der Waals surface area contributed by atoms with Gasteiger partial charge in [-0.05, 0) is 54.7 Å². The van der Waals surface area contributed by atoms with E-state index in [2.05, 4.69) is 12.2 Å². The number of nitrogens with one attached hydrogen (secondary N) is 1. The molecule has 2 aromatic carbocycles. The number of methoxy groups -OCH3 is 1. The topological polar surface area (TPSA) is 88.1 Å². The number of benzene rings is 2. The lowest BCUT2D eigenvalue weighted by Crippen LogP contribution is -2.73. The second kappa shape index (κ2) is 10.7. The minimum Gasteiger partial charge on any atom is -0.497 e. The highest BCUT2D eigenvalue weighted by Crippen LogP contribution is 2.46. The lowest BCUT2D eigenvalue weighted by Gasteiger charge is -2.53. The second-order valence-corrected chi connectivity index (χ2v) is 8.37. The number of aliphatic hydroxyl groups is 1. The molecule has 0 spiro atoms. The Morgan fingerprint density at radius 2 is 1.67 bits per heavy atom. The number of likely N-dealkylation sites (tertiary alicyclic amines) is 1. The van der Waals surface area contributed by atoms with Crippen molar-refractivity contribution < 1.29 is 24.2 Å². The third-order valence-electron chi connectivity index (χ3n) is 6.58. The van der Waals surface area contributed by atoms with E-state index in [-0.39, 0.29) is 18.6 Å². The van der Waals surface area contributed by atoms with Crippen molar-refractivity contribution in [3.8, 4) is 11.5 Å². The van der Waals surface area contributed by atoms with Crippen molar-refractivity contribution in [1.29, 1.82) is 0 Å². The monoisotopic (exact) mass is 454 g/mol. The van der Waals surface area contributed by atoms with E-state index >= 15 is 0 Å². The zero-order valence-electron chi connectivity index (χ0n) is 19.8. The van der Waals surface area contributed by atoms with Gasteiger partial charge in [0.2, 0.25) is 5.91 Å². The average molecular weight is 455 g/mol. The zero-order valence-corrected chi connectivity index (χ0v) is 19.8. The number of rotatable bonds is 10. The van der Waals surface area contributed by atoms with Crippen molar-refractivity contribution >= 4 is 11.9 Å². The molecular formula is C26H34N2O5. The van der Waals surface area contributed by atoms with Crippen LogP contribution in [0.5, 0.6) is 11.5 Å². The molecule has 0 unspecified atom stereocenters. The summed E-state index contributed by atoms with van der Waals surface area (Å²) in [6.45, 7) is 5.88. The normalized spacial score (nSPS) is 17.8. The summed E-state index contributed by atoms with van der Waals surface area (Å²) in [5, 5.41) is 12.3. The molecule has 0 radical (unpaired) electrons. The molecule has 0 aromatic heterocycles. The Morgan fingerprint density at radius 1 is 1.06 bits per heavy atom. The van der Waals surface area contributed by atoms with Gasteiger partial charge in [-0.2, -0.15) is 0 Å². The van der Waals surface area contributed by atoms with Gasteiger partial charge in [-0.25, -0.2) is 9.69 Å². The molecule has 33 heavy (non-hydrogen) atoms. The van der Waals surface area contributed by atoms with Crippen molar-refractivity contribution in [2.24, 2.45) is 5.41 Å². The van der Waals surface area contributed by atoms with Crippen LogP contribution in [0.2, 0.25) is 0 Å². The van der Waals surface area contributed by atoms with Crippen molar-refractivity contribution in [3.05, 3.63) is 59.7 Å². The van der Waals surface area contributed by atoms with Crippen LogP contribution in [0.1, 0.15) is 63.6 Å². The largest absolute Gasteiger partial charge is 0.497 e. The molecule has 1 aliphatic heterocycles. The summed E-state index contributed by atoms with van der Waals surface area (Å²) < 4.78 is 11.4. The lowest BCUT2D eigenvalue weighted by atomic mass is 9.72. The summed E-state index contributed by atoms with van der Waals surface area (Å²) >= 11 is 0. The molecule has 2 aromatic rings. The van der Waals surface area contributed by atoms with E-state index in [0.29, 0.717) is 18.6 Å². The summed E-state index contributed by atoms with van der Waals surface area (Å²) in [6.07, 6.45) is 2.06. The summed E-state index contributed by atoms with van der Waals surface area (Å²) in [6, 6.07) is 13.9. The van der Waals surface area contributed by atoms with Gasteiger partial charge in [0.1, 0.15) is 16.9 Å². The molecule has 3 rings (SSSR count). The van der Waals surface area contributed by atoms with Gasteiger partial charge in [0.25, 0.3) is 0 Å². The van der Waals surface area contributed by atoms with Gasteiger partial charge >= 0.3 is 6.03 Å².